The summed E-state index contributed by atoms with van der Waals surface area (Å²) >= 11 is 3.37. The zero-order valence-electron chi connectivity index (χ0n) is 11.1. The molecular formula is C14H19BrN2O2. The quantitative estimate of drug-likeness (QED) is 0.868. The average Bonchev–Trinajstić information content (AvgIpc) is 2.38. The number of anilines is 1. The third-order valence-electron chi connectivity index (χ3n) is 3.47. The second-order valence-electron chi connectivity index (χ2n) is 4.96. The molecule has 0 aromatic heterocycles. The van der Waals surface area contributed by atoms with E-state index in [1.165, 1.54) is 0 Å². The Morgan fingerprint density at radius 2 is 2.11 bits per heavy atom. The van der Waals surface area contributed by atoms with Crippen LogP contribution in [0.2, 0.25) is 0 Å². The molecule has 2 rings (SSSR count). The van der Waals surface area contributed by atoms with Gasteiger partial charge < -0.3 is 15.4 Å². The molecule has 0 radical (unpaired) electrons. The van der Waals surface area contributed by atoms with E-state index in [2.05, 4.69) is 15.9 Å². The second kappa shape index (κ2) is 6.39. The van der Waals surface area contributed by atoms with Crippen molar-refractivity contribution in [2.24, 2.45) is 5.92 Å². The van der Waals surface area contributed by atoms with E-state index in [9.17, 15) is 4.79 Å². The van der Waals surface area contributed by atoms with Crippen molar-refractivity contribution in [1.82, 2.24) is 4.90 Å². The summed E-state index contributed by atoms with van der Waals surface area (Å²) in [6, 6.07) is 5.34. The molecule has 4 nitrogen and oxygen atoms in total. The summed E-state index contributed by atoms with van der Waals surface area (Å²) < 4.78 is 6.01. The molecule has 2 N–H and O–H groups in total. The van der Waals surface area contributed by atoms with E-state index in [4.69, 9.17) is 10.5 Å². The largest absolute Gasteiger partial charge is 0.399 e. The molecule has 0 atom stereocenters. The van der Waals surface area contributed by atoms with Crippen LogP contribution < -0.4 is 5.73 Å². The first-order chi connectivity index (χ1) is 9.10. The Morgan fingerprint density at radius 3 is 2.68 bits per heavy atom. The van der Waals surface area contributed by atoms with Crippen LogP contribution >= 0.6 is 15.9 Å². The van der Waals surface area contributed by atoms with Crippen molar-refractivity contribution >= 4 is 27.5 Å². The van der Waals surface area contributed by atoms with E-state index in [-0.39, 0.29) is 5.91 Å². The first-order valence-electron chi connectivity index (χ1n) is 6.44. The first-order valence-corrected chi connectivity index (χ1v) is 7.23. The minimum Gasteiger partial charge on any atom is -0.399 e. The van der Waals surface area contributed by atoms with Gasteiger partial charge in [-0.2, -0.15) is 0 Å². The number of methoxy groups -OCH3 is 1. The molecule has 0 unspecified atom stereocenters. The molecule has 0 spiro atoms. The lowest BCUT2D eigenvalue weighted by molar-refractivity contribution is 0.0613. The second-order valence-corrected chi connectivity index (χ2v) is 5.88. The number of hydrogen-bond acceptors (Lipinski definition) is 3. The van der Waals surface area contributed by atoms with Gasteiger partial charge in [0.25, 0.3) is 5.91 Å². The molecule has 1 amide bonds. The lowest BCUT2D eigenvalue weighted by atomic mass is 9.97. The summed E-state index contributed by atoms with van der Waals surface area (Å²) in [5.74, 6) is 0.630. The number of ether oxygens (including phenoxy) is 1. The van der Waals surface area contributed by atoms with Gasteiger partial charge in [-0.3, -0.25) is 4.79 Å². The Bertz CT molecular complexity index is 437. The predicted octanol–water partition coefficient (Wildman–Crippen LogP) is 2.53. The van der Waals surface area contributed by atoms with Crippen molar-refractivity contribution in [1.29, 1.82) is 0 Å². The molecule has 0 bridgehead atoms. The Hall–Kier alpha value is -1.07. The molecule has 1 saturated heterocycles. The number of likely N-dealkylation sites (tertiary alicyclic amines) is 1. The summed E-state index contributed by atoms with van der Waals surface area (Å²) in [6.07, 6.45) is 2.01. The van der Waals surface area contributed by atoms with Crippen molar-refractivity contribution in [2.45, 2.75) is 12.8 Å². The van der Waals surface area contributed by atoms with Crippen LogP contribution in [-0.2, 0) is 4.74 Å². The zero-order chi connectivity index (χ0) is 13.8. The van der Waals surface area contributed by atoms with E-state index >= 15 is 0 Å². The number of piperidine rings is 1. The van der Waals surface area contributed by atoms with Gasteiger partial charge in [-0.05, 0) is 37.0 Å². The van der Waals surface area contributed by atoms with Gasteiger partial charge in [0.2, 0.25) is 0 Å². The molecule has 1 aliphatic rings. The molecule has 0 aliphatic carbocycles. The predicted molar refractivity (Wildman–Crippen MR) is 79.1 cm³/mol. The van der Waals surface area contributed by atoms with Crippen molar-refractivity contribution < 1.29 is 9.53 Å². The lowest BCUT2D eigenvalue weighted by Gasteiger charge is -2.31. The highest BCUT2D eigenvalue weighted by Gasteiger charge is 2.23. The van der Waals surface area contributed by atoms with Crippen molar-refractivity contribution in [3.05, 3.63) is 28.2 Å². The van der Waals surface area contributed by atoms with Crippen LogP contribution in [0, 0.1) is 5.92 Å². The Kier molecular flexibility index (Phi) is 4.82. The van der Waals surface area contributed by atoms with Crippen LogP contribution in [0.15, 0.2) is 22.7 Å². The number of nitrogens with two attached hydrogens (primary N) is 1. The van der Waals surface area contributed by atoms with Gasteiger partial charge in [0.15, 0.2) is 0 Å². The van der Waals surface area contributed by atoms with Crippen molar-refractivity contribution in [3.8, 4) is 0 Å². The van der Waals surface area contributed by atoms with Crippen molar-refractivity contribution in [3.63, 3.8) is 0 Å². The number of rotatable bonds is 3. The van der Waals surface area contributed by atoms with Gasteiger partial charge >= 0.3 is 0 Å². The number of halogens is 1. The molecule has 5 heteroatoms. The number of nitrogen functional groups attached to an aromatic ring is 1. The summed E-state index contributed by atoms with van der Waals surface area (Å²) in [6.45, 7) is 2.37. The molecule has 104 valence electrons. The normalized spacial score (nSPS) is 16.6. The van der Waals surface area contributed by atoms with Gasteiger partial charge in [0, 0.05) is 42.5 Å². The molecule has 19 heavy (non-hydrogen) atoms. The lowest BCUT2D eigenvalue weighted by Crippen LogP contribution is -2.39. The zero-order valence-corrected chi connectivity index (χ0v) is 12.6. The van der Waals surface area contributed by atoms with Gasteiger partial charge in [-0.25, -0.2) is 0 Å². The van der Waals surface area contributed by atoms with Crippen LogP contribution in [0.3, 0.4) is 0 Å². The summed E-state index contributed by atoms with van der Waals surface area (Å²) in [5, 5.41) is 0. The maximum Gasteiger partial charge on any atom is 0.253 e. The smallest absolute Gasteiger partial charge is 0.253 e. The number of carbonyl (C=O) groups is 1. The SMILES string of the molecule is COCC1CCN(C(=O)c2cc(N)cc(Br)c2)CC1. The van der Waals surface area contributed by atoms with E-state index in [0.29, 0.717) is 17.2 Å². The third kappa shape index (κ3) is 3.70. The monoisotopic (exact) mass is 326 g/mol. The summed E-state index contributed by atoms with van der Waals surface area (Å²) in [7, 11) is 1.72. The van der Waals surface area contributed by atoms with E-state index in [1.54, 1.807) is 19.2 Å². The summed E-state index contributed by atoms with van der Waals surface area (Å²) in [4.78, 5) is 14.3. The third-order valence-corrected chi connectivity index (χ3v) is 3.93. The average molecular weight is 327 g/mol. The van der Waals surface area contributed by atoms with Crippen LogP contribution in [0.25, 0.3) is 0 Å². The maximum absolute atomic E-state index is 12.4. The van der Waals surface area contributed by atoms with Gasteiger partial charge in [0.05, 0.1) is 0 Å². The number of nitrogens with zero attached hydrogens (tertiary/aromatic N) is 1. The highest BCUT2D eigenvalue weighted by atomic mass is 79.9. The Labute approximate surface area is 122 Å². The molecule has 1 aromatic rings. The molecule has 1 aliphatic heterocycles. The summed E-state index contributed by atoms with van der Waals surface area (Å²) in [5.41, 5.74) is 7.02. The van der Waals surface area contributed by atoms with E-state index in [0.717, 1.165) is 37.0 Å². The first kappa shape index (κ1) is 14.3. The number of amides is 1. The van der Waals surface area contributed by atoms with Gasteiger partial charge in [-0.15, -0.1) is 0 Å². The topological polar surface area (TPSA) is 55.6 Å². The van der Waals surface area contributed by atoms with Crippen molar-refractivity contribution in [2.75, 3.05) is 32.5 Å². The molecule has 0 saturated carbocycles. The minimum atomic E-state index is 0.0591. The molecule has 1 aromatic carbocycles. The molecular weight excluding hydrogens is 308 g/mol. The number of benzene rings is 1. The van der Waals surface area contributed by atoms with Crippen LogP contribution in [0.1, 0.15) is 23.2 Å². The Morgan fingerprint density at radius 1 is 1.42 bits per heavy atom. The van der Waals surface area contributed by atoms with E-state index < -0.39 is 0 Å². The van der Waals surface area contributed by atoms with Gasteiger partial charge in [-0.1, -0.05) is 15.9 Å². The Balaban J connectivity index is 2.01. The van der Waals surface area contributed by atoms with Crippen LogP contribution in [-0.4, -0.2) is 37.6 Å². The number of carbonyl (C=O) groups excluding carboxylic acids is 1. The van der Waals surface area contributed by atoms with E-state index in [1.807, 2.05) is 11.0 Å². The van der Waals surface area contributed by atoms with Gasteiger partial charge in [0.1, 0.15) is 0 Å². The molecule has 1 heterocycles. The van der Waals surface area contributed by atoms with Crippen LogP contribution in [0.5, 0.6) is 0 Å². The number of hydrogen-bond donors (Lipinski definition) is 1. The van der Waals surface area contributed by atoms with Crippen LogP contribution in [0.4, 0.5) is 5.69 Å². The highest BCUT2D eigenvalue weighted by molar-refractivity contribution is 9.10. The molecule has 1 fully saturated rings. The fourth-order valence-electron chi connectivity index (χ4n) is 2.46. The fraction of sp³-hybridized carbons (Fsp3) is 0.500. The highest BCUT2D eigenvalue weighted by Crippen LogP contribution is 2.22. The minimum absolute atomic E-state index is 0.0591. The fourth-order valence-corrected chi connectivity index (χ4v) is 2.97. The standard InChI is InChI=1S/C14H19BrN2O2/c1-19-9-10-2-4-17(5-3-10)14(18)11-6-12(15)8-13(16)7-11/h6-8,10H,2-5,9,16H2,1H3. The maximum atomic E-state index is 12.4.